The largest absolute Gasteiger partial charge is 0.493 e. The second-order valence-corrected chi connectivity index (χ2v) is 10.9. The number of ether oxygens (including phenoxy) is 2. The van der Waals surface area contributed by atoms with E-state index in [4.69, 9.17) is 9.47 Å². The maximum Gasteiger partial charge on any atom is 0.269 e. The second kappa shape index (κ2) is 11.6. The summed E-state index contributed by atoms with van der Waals surface area (Å²) < 4.78 is 39.2. The van der Waals surface area contributed by atoms with Gasteiger partial charge in [0.1, 0.15) is 18.2 Å². The Morgan fingerprint density at radius 1 is 1.24 bits per heavy atom. The van der Waals surface area contributed by atoms with Gasteiger partial charge in [-0.2, -0.15) is 14.6 Å². The molecular weight excluding hydrogens is 522 g/mol. The summed E-state index contributed by atoms with van der Waals surface area (Å²) in [4.78, 5) is 26.7. The van der Waals surface area contributed by atoms with Gasteiger partial charge in [0.2, 0.25) is 15.0 Å². The van der Waals surface area contributed by atoms with Gasteiger partial charge in [-0.25, -0.2) is 8.42 Å². The third-order valence-electron chi connectivity index (χ3n) is 4.91. The third-order valence-corrected chi connectivity index (χ3v) is 7.59. The molecule has 192 valence electrons. The van der Waals surface area contributed by atoms with Crippen molar-refractivity contribution in [2.24, 2.45) is 0 Å². The van der Waals surface area contributed by atoms with Crippen LogP contribution in [0, 0.1) is 21.4 Å². The molecule has 0 saturated heterocycles. The van der Waals surface area contributed by atoms with Crippen molar-refractivity contribution in [3.63, 3.8) is 0 Å². The highest BCUT2D eigenvalue weighted by Crippen LogP contribution is 2.30. The van der Waals surface area contributed by atoms with Crippen LogP contribution in [0.3, 0.4) is 0 Å². The number of methoxy groups -OCH3 is 1. The number of anilines is 1. The molecule has 1 amide bonds. The van der Waals surface area contributed by atoms with Crippen LogP contribution in [0.15, 0.2) is 53.2 Å². The van der Waals surface area contributed by atoms with Crippen molar-refractivity contribution in [1.82, 2.24) is 9.36 Å². The minimum atomic E-state index is -3.70. The zero-order chi connectivity index (χ0) is 27.2. The second-order valence-electron chi connectivity index (χ2n) is 7.72. The smallest absolute Gasteiger partial charge is 0.269 e. The lowest BCUT2D eigenvalue weighted by Gasteiger charge is -2.11. The quantitative estimate of drug-likeness (QED) is 0.171. The van der Waals surface area contributed by atoms with E-state index in [2.05, 4.69) is 14.7 Å². The number of non-ortho nitro benzene ring substituents is 1. The SMILES string of the molecule is COc1cc(/C=C(/C#N)C(=O)Nc2nc(S(=O)(=O)C(C)C)ns2)ccc1OCc1ccc([N+](=O)[O-])cc1. The summed E-state index contributed by atoms with van der Waals surface area (Å²) in [5, 5.41) is 21.5. The fourth-order valence-electron chi connectivity index (χ4n) is 2.84. The minimum absolute atomic E-state index is 0.0260. The van der Waals surface area contributed by atoms with Crippen LogP contribution in [0.4, 0.5) is 10.8 Å². The molecule has 37 heavy (non-hydrogen) atoms. The molecule has 0 fully saturated rings. The van der Waals surface area contributed by atoms with Crippen molar-refractivity contribution in [3.8, 4) is 17.6 Å². The van der Waals surface area contributed by atoms with E-state index in [1.54, 1.807) is 36.4 Å². The lowest BCUT2D eigenvalue weighted by atomic mass is 10.1. The van der Waals surface area contributed by atoms with Gasteiger partial charge < -0.3 is 9.47 Å². The first-order valence-corrected chi connectivity index (χ1v) is 12.9. The first kappa shape index (κ1) is 27.2. The van der Waals surface area contributed by atoms with Gasteiger partial charge in [-0.05, 0) is 55.3 Å². The van der Waals surface area contributed by atoms with E-state index >= 15 is 0 Å². The van der Waals surface area contributed by atoms with E-state index in [1.165, 1.54) is 39.2 Å². The summed E-state index contributed by atoms with van der Waals surface area (Å²) in [6.07, 6.45) is 1.32. The lowest BCUT2D eigenvalue weighted by molar-refractivity contribution is -0.384. The van der Waals surface area contributed by atoms with Crippen molar-refractivity contribution >= 4 is 44.2 Å². The topological polar surface area (TPSA) is 174 Å². The van der Waals surface area contributed by atoms with Gasteiger partial charge in [0.25, 0.3) is 16.8 Å². The third kappa shape index (κ3) is 6.66. The van der Waals surface area contributed by atoms with E-state index in [0.717, 1.165) is 0 Å². The van der Waals surface area contributed by atoms with Gasteiger partial charge in [-0.15, -0.1) is 0 Å². The maximum absolute atomic E-state index is 12.6. The Labute approximate surface area is 216 Å². The van der Waals surface area contributed by atoms with Crippen LogP contribution in [0.2, 0.25) is 0 Å². The van der Waals surface area contributed by atoms with Gasteiger partial charge >= 0.3 is 0 Å². The predicted octanol–water partition coefficient (Wildman–Crippen LogP) is 3.76. The summed E-state index contributed by atoms with van der Waals surface area (Å²) in [5.74, 6) is -0.0701. The summed E-state index contributed by atoms with van der Waals surface area (Å²) in [6, 6.07) is 12.5. The molecule has 3 aromatic rings. The molecule has 0 saturated carbocycles. The van der Waals surface area contributed by atoms with E-state index in [-0.39, 0.29) is 28.2 Å². The van der Waals surface area contributed by atoms with E-state index in [0.29, 0.717) is 34.2 Å². The monoisotopic (exact) mass is 543 g/mol. The number of nitro benzene ring substituents is 1. The van der Waals surface area contributed by atoms with Gasteiger partial charge in [0, 0.05) is 23.7 Å². The van der Waals surface area contributed by atoms with Crippen molar-refractivity contribution in [1.29, 1.82) is 5.26 Å². The Kier molecular flexibility index (Phi) is 8.53. The lowest BCUT2D eigenvalue weighted by Crippen LogP contribution is -2.16. The molecule has 3 rings (SSSR count). The minimum Gasteiger partial charge on any atom is -0.493 e. The number of nitrogens with zero attached hydrogens (tertiary/aromatic N) is 4. The Morgan fingerprint density at radius 3 is 2.54 bits per heavy atom. The molecule has 0 unspecified atom stereocenters. The molecule has 1 N–H and O–H groups in total. The number of rotatable bonds is 10. The fraction of sp³-hybridized carbons (Fsp3) is 0.217. The van der Waals surface area contributed by atoms with Crippen molar-refractivity contribution in [2.75, 3.05) is 12.4 Å². The molecule has 2 aromatic carbocycles. The fourth-order valence-corrected chi connectivity index (χ4v) is 4.53. The highest BCUT2D eigenvalue weighted by atomic mass is 32.2. The number of sulfone groups is 1. The summed E-state index contributed by atoms with van der Waals surface area (Å²) >= 11 is 0.691. The average Bonchev–Trinajstić information content (AvgIpc) is 3.35. The predicted molar refractivity (Wildman–Crippen MR) is 135 cm³/mol. The number of amides is 1. The van der Waals surface area contributed by atoms with Crippen LogP contribution in [-0.2, 0) is 21.2 Å². The maximum atomic E-state index is 12.6. The van der Waals surface area contributed by atoms with Crippen LogP contribution in [0.5, 0.6) is 11.5 Å². The number of nitro groups is 1. The van der Waals surface area contributed by atoms with E-state index < -0.39 is 25.9 Å². The van der Waals surface area contributed by atoms with Gasteiger partial charge in [-0.1, -0.05) is 6.07 Å². The highest BCUT2D eigenvalue weighted by Gasteiger charge is 2.25. The molecule has 0 aliphatic carbocycles. The van der Waals surface area contributed by atoms with E-state index in [9.17, 15) is 28.6 Å². The van der Waals surface area contributed by atoms with E-state index in [1.807, 2.05) is 0 Å². The van der Waals surface area contributed by atoms with Gasteiger partial charge in [0.05, 0.1) is 17.3 Å². The summed E-state index contributed by atoms with van der Waals surface area (Å²) in [5.41, 5.74) is 0.889. The molecule has 12 nitrogen and oxygen atoms in total. The van der Waals surface area contributed by atoms with Gasteiger partial charge in [0.15, 0.2) is 11.5 Å². The molecule has 0 radical (unpaired) electrons. The number of nitriles is 1. The van der Waals surface area contributed by atoms with Crippen molar-refractivity contribution in [3.05, 3.63) is 69.3 Å². The van der Waals surface area contributed by atoms with Crippen LogP contribution in [0.25, 0.3) is 6.08 Å². The zero-order valence-corrected chi connectivity index (χ0v) is 21.5. The average molecular weight is 544 g/mol. The number of aromatic nitrogens is 2. The summed E-state index contributed by atoms with van der Waals surface area (Å²) in [6.45, 7) is 3.11. The zero-order valence-electron chi connectivity index (χ0n) is 19.9. The molecule has 0 aliphatic rings. The van der Waals surface area contributed by atoms with Crippen molar-refractivity contribution < 1.29 is 27.6 Å². The van der Waals surface area contributed by atoms with Crippen molar-refractivity contribution in [2.45, 2.75) is 30.9 Å². The number of nitrogens with one attached hydrogen (secondary N) is 1. The van der Waals surface area contributed by atoms with Gasteiger partial charge in [-0.3, -0.25) is 20.2 Å². The Bertz CT molecular complexity index is 1490. The molecule has 14 heteroatoms. The van der Waals surface area contributed by atoms with Crippen LogP contribution >= 0.6 is 11.5 Å². The van der Waals surface area contributed by atoms with Crippen LogP contribution < -0.4 is 14.8 Å². The molecule has 0 aliphatic heterocycles. The number of hydrogen-bond donors (Lipinski definition) is 1. The number of carbonyl (C=O) groups is 1. The Hall–Kier alpha value is -4.35. The molecule has 1 heterocycles. The standard InChI is InChI=1S/C23H21N5O7S2/c1-14(2)37(32,33)23-26-22(36-27-23)25-21(29)17(12-24)10-16-6-9-19(20(11-16)34-3)35-13-15-4-7-18(8-5-15)28(30)31/h4-11,14H,13H2,1-3H3,(H,25,26,27,29)/b17-10-. The number of hydrogen-bond acceptors (Lipinski definition) is 11. The molecule has 0 bridgehead atoms. The van der Waals surface area contributed by atoms with Crippen LogP contribution in [-0.4, -0.2) is 41.0 Å². The molecule has 0 atom stereocenters. The molecule has 0 spiro atoms. The first-order valence-electron chi connectivity index (χ1n) is 10.6. The molecular formula is C23H21N5O7S2. The Balaban J connectivity index is 1.73. The van der Waals surface area contributed by atoms with Crippen LogP contribution in [0.1, 0.15) is 25.0 Å². The highest BCUT2D eigenvalue weighted by molar-refractivity contribution is 7.91. The number of benzene rings is 2. The molecule has 1 aromatic heterocycles. The first-order chi connectivity index (χ1) is 17.5. The number of carbonyl (C=O) groups excluding carboxylic acids is 1. The Morgan fingerprint density at radius 2 is 1.95 bits per heavy atom. The summed E-state index contributed by atoms with van der Waals surface area (Å²) in [7, 11) is -2.27. The normalized spacial score (nSPS) is 11.6.